The van der Waals surface area contributed by atoms with Crippen LogP contribution in [0.3, 0.4) is 0 Å². The highest BCUT2D eigenvalue weighted by atomic mass is 16.7. The van der Waals surface area contributed by atoms with Crippen LogP contribution in [0.15, 0.2) is 0 Å². The number of carbonyl (C=O) groups is 1. The van der Waals surface area contributed by atoms with Crippen LogP contribution in [-0.4, -0.2) is 80.3 Å². The van der Waals surface area contributed by atoms with E-state index in [1.165, 1.54) is 19.3 Å². The van der Waals surface area contributed by atoms with E-state index in [9.17, 15) is 9.90 Å². The lowest BCUT2D eigenvalue weighted by Gasteiger charge is -2.63. The summed E-state index contributed by atoms with van der Waals surface area (Å²) in [4.78, 5) is 12.3. The van der Waals surface area contributed by atoms with Gasteiger partial charge in [0.1, 0.15) is 6.10 Å². The van der Waals surface area contributed by atoms with E-state index in [1.54, 1.807) is 7.05 Å². The number of nitrogens with one attached hydrogen (secondary N) is 2. The van der Waals surface area contributed by atoms with Crippen molar-refractivity contribution in [3.8, 4) is 0 Å². The number of morpholine rings is 1. The lowest BCUT2D eigenvalue weighted by molar-refractivity contribution is -0.233. The molecule has 5 saturated carbocycles. The number of carbonyl (C=O) groups excluding carboxylic acids is 1. The van der Waals surface area contributed by atoms with E-state index in [0.29, 0.717) is 18.4 Å². The van der Waals surface area contributed by atoms with Gasteiger partial charge in [-0.05, 0) is 103 Å². The number of fused-ring (bicyclic) bond motifs is 4. The highest BCUT2D eigenvalue weighted by Crippen LogP contribution is 2.87. The van der Waals surface area contributed by atoms with Crippen molar-refractivity contribution in [3.05, 3.63) is 0 Å². The van der Waals surface area contributed by atoms with Gasteiger partial charge in [0.05, 0.1) is 36.6 Å². The molecular weight excluding hydrogens is 558 g/mol. The van der Waals surface area contributed by atoms with Gasteiger partial charge < -0.3 is 40.4 Å². The summed E-state index contributed by atoms with van der Waals surface area (Å²) >= 11 is 0. The summed E-state index contributed by atoms with van der Waals surface area (Å²) < 4.78 is 25.3. The smallest absolute Gasteiger partial charge is 0.407 e. The Kier molecular flexibility index (Phi) is 7.56. The molecule has 0 aromatic heterocycles. The molecule has 14 atom stereocenters. The zero-order chi connectivity index (χ0) is 31.4. The normalized spacial score (nSPS) is 52.9. The van der Waals surface area contributed by atoms with Crippen LogP contribution < -0.4 is 16.4 Å². The third-order valence-electron chi connectivity index (χ3n) is 14.9. The Bertz CT molecular complexity index is 1130. The molecule has 0 aromatic carbocycles. The van der Waals surface area contributed by atoms with Gasteiger partial charge in [-0.3, -0.25) is 0 Å². The molecule has 7 aliphatic rings. The standard InChI is InChI=1S/C35H59N3O6/c1-19(2)27(44-30(40)37-7)21-16-20(3)26-28(42-21)29(39)35(36)23-9-8-22-31(4,5)24(43-25-17-38-14-15-41-25)10-11-33(22)18-34(23,33)13-12-32(26,35)6/h19-29,38-39H,8-18,36H2,1-7H3,(H,37,40)/t20-,21?,22+,23?,24+,25+,26+,27-,28?,29+,32?,33?,34+,35+/m1/s1. The third-order valence-corrected chi connectivity index (χ3v) is 14.9. The number of alkyl carbamates (subject to hydrolysis) is 1. The van der Waals surface area contributed by atoms with Crippen molar-refractivity contribution in [3.63, 3.8) is 0 Å². The lowest BCUT2D eigenvalue weighted by Crippen LogP contribution is -2.70. The first kappa shape index (κ1) is 31.6. The summed E-state index contributed by atoms with van der Waals surface area (Å²) in [7, 11) is 1.59. The summed E-state index contributed by atoms with van der Waals surface area (Å²) in [6, 6.07) is 0. The number of ether oxygens (including phenoxy) is 4. The molecule has 2 aliphatic heterocycles. The minimum Gasteiger partial charge on any atom is -0.443 e. The minimum absolute atomic E-state index is 0.0554. The Morgan fingerprint density at radius 1 is 1.09 bits per heavy atom. The molecule has 5 unspecified atom stereocenters. The maximum absolute atomic E-state index is 12.4. The van der Waals surface area contributed by atoms with Gasteiger partial charge in [0.2, 0.25) is 0 Å². The van der Waals surface area contributed by atoms with Crippen LogP contribution in [0.25, 0.3) is 0 Å². The van der Waals surface area contributed by atoms with Crippen molar-refractivity contribution < 1.29 is 28.8 Å². The van der Waals surface area contributed by atoms with Crippen LogP contribution in [0.5, 0.6) is 0 Å². The van der Waals surface area contributed by atoms with Crippen molar-refractivity contribution in [2.24, 2.45) is 57.0 Å². The van der Waals surface area contributed by atoms with Crippen LogP contribution in [0.1, 0.15) is 92.9 Å². The first-order valence-electron chi connectivity index (χ1n) is 17.8. The Labute approximate surface area is 264 Å². The van der Waals surface area contributed by atoms with Gasteiger partial charge in [-0.1, -0.05) is 41.5 Å². The van der Waals surface area contributed by atoms with Gasteiger partial charge in [-0.15, -0.1) is 0 Å². The Balaban J connectivity index is 1.15. The van der Waals surface area contributed by atoms with Gasteiger partial charge in [-0.25, -0.2) is 4.79 Å². The number of nitrogens with two attached hydrogens (primary N) is 1. The molecule has 2 heterocycles. The van der Waals surface area contributed by atoms with Gasteiger partial charge in [0.25, 0.3) is 0 Å². The Morgan fingerprint density at radius 3 is 2.50 bits per heavy atom. The third kappa shape index (κ3) is 4.07. The van der Waals surface area contributed by atoms with Crippen LogP contribution in [0, 0.1) is 51.2 Å². The first-order valence-corrected chi connectivity index (χ1v) is 17.8. The molecule has 0 bridgehead atoms. The maximum Gasteiger partial charge on any atom is 0.407 e. The van der Waals surface area contributed by atoms with Crippen molar-refractivity contribution >= 4 is 6.09 Å². The maximum atomic E-state index is 12.4. The van der Waals surface area contributed by atoms with E-state index in [-0.39, 0.29) is 70.1 Å². The van der Waals surface area contributed by atoms with E-state index >= 15 is 0 Å². The fraction of sp³-hybridized carbons (Fsp3) is 0.971. The molecule has 44 heavy (non-hydrogen) atoms. The average molecular weight is 618 g/mol. The van der Waals surface area contributed by atoms with Crippen LogP contribution in [0.2, 0.25) is 0 Å². The molecule has 0 aromatic rings. The second kappa shape index (κ2) is 10.5. The number of aliphatic hydroxyl groups excluding tert-OH is 1. The van der Waals surface area contributed by atoms with Crippen molar-refractivity contribution in [1.29, 1.82) is 0 Å². The van der Waals surface area contributed by atoms with Gasteiger partial charge >= 0.3 is 6.09 Å². The zero-order valence-corrected chi connectivity index (χ0v) is 28.2. The number of hydrogen-bond donors (Lipinski definition) is 4. The topological polar surface area (TPSA) is 124 Å². The summed E-state index contributed by atoms with van der Waals surface area (Å²) in [6.45, 7) is 16.1. The van der Waals surface area contributed by atoms with Crippen molar-refractivity contribution in [2.75, 3.05) is 26.7 Å². The SMILES string of the molecule is CNC(=O)O[C@H](C(C)C)C1C[C@@H](C)[C@H]2C(O1)[C@H](O)[C@@]1(N)C3CC[C@H]4C(C)(C)[C@@H](O[C@H]5CNCCO5)CCC45C[C@@]35CCC21C. The first-order chi connectivity index (χ1) is 20.8. The molecule has 7 rings (SSSR count). The molecule has 9 heteroatoms. The van der Waals surface area contributed by atoms with Crippen molar-refractivity contribution in [2.45, 2.75) is 135 Å². The van der Waals surface area contributed by atoms with E-state index in [0.717, 1.165) is 45.2 Å². The van der Waals surface area contributed by atoms with E-state index in [1.807, 2.05) is 0 Å². The second-order valence-corrected chi connectivity index (χ2v) is 17.2. The predicted octanol–water partition coefficient (Wildman–Crippen LogP) is 4.20. The fourth-order valence-corrected chi connectivity index (χ4v) is 13.0. The molecular formula is C35H59N3O6. The van der Waals surface area contributed by atoms with E-state index in [4.69, 9.17) is 24.7 Å². The van der Waals surface area contributed by atoms with Crippen LogP contribution >= 0.6 is 0 Å². The lowest BCUT2D eigenvalue weighted by atomic mass is 9.43. The van der Waals surface area contributed by atoms with Crippen LogP contribution in [-0.2, 0) is 18.9 Å². The van der Waals surface area contributed by atoms with Gasteiger partial charge in [0, 0.05) is 20.1 Å². The van der Waals surface area contributed by atoms with E-state index < -0.39 is 17.7 Å². The molecule has 250 valence electrons. The Hall–Kier alpha value is -0.970. The average Bonchev–Trinajstić information content (AvgIpc) is 3.62. The highest BCUT2D eigenvalue weighted by Gasteiger charge is 2.85. The fourth-order valence-electron chi connectivity index (χ4n) is 13.0. The molecule has 9 nitrogen and oxygen atoms in total. The monoisotopic (exact) mass is 617 g/mol. The van der Waals surface area contributed by atoms with Gasteiger partial charge in [-0.2, -0.15) is 0 Å². The van der Waals surface area contributed by atoms with Crippen LogP contribution in [0.4, 0.5) is 4.79 Å². The quantitative estimate of drug-likeness (QED) is 0.362. The summed E-state index contributed by atoms with van der Waals surface area (Å²) in [5, 5.41) is 18.4. The summed E-state index contributed by atoms with van der Waals surface area (Å²) in [5.41, 5.74) is 7.40. The summed E-state index contributed by atoms with van der Waals surface area (Å²) in [5.74, 6) is 1.45. The van der Waals surface area contributed by atoms with E-state index in [2.05, 4.69) is 52.2 Å². The highest BCUT2D eigenvalue weighted by molar-refractivity contribution is 5.66. The number of hydrogen-bond acceptors (Lipinski definition) is 8. The molecule has 2 saturated heterocycles. The zero-order valence-electron chi connectivity index (χ0n) is 28.2. The molecule has 2 spiro atoms. The van der Waals surface area contributed by atoms with Gasteiger partial charge in [0.15, 0.2) is 6.29 Å². The second-order valence-electron chi connectivity index (χ2n) is 17.2. The molecule has 5 N–H and O–H groups in total. The number of rotatable bonds is 5. The Morgan fingerprint density at radius 2 is 1.82 bits per heavy atom. The predicted molar refractivity (Wildman–Crippen MR) is 167 cm³/mol. The largest absolute Gasteiger partial charge is 0.443 e. The number of aliphatic hydroxyl groups is 1. The number of amides is 1. The van der Waals surface area contributed by atoms with Crippen molar-refractivity contribution in [1.82, 2.24) is 10.6 Å². The summed E-state index contributed by atoms with van der Waals surface area (Å²) in [6.07, 6.45) is 6.57. The minimum atomic E-state index is -0.740. The molecule has 0 radical (unpaired) electrons. The molecule has 5 aliphatic carbocycles. The molecule has 7 fully saturated rings. The molecule has 1 amide bonds.